The van der Waals surface area contributed by atoms with E-state index in [0.29, 0.717) is 0 Å². The molecule has 0 unspecified atom stereocenters. The lowest BCUT2D eigenvalue weighted by atomic mass is 10.1. The van der Waals surface area contributed by atoms with Crippen LogP contribution in [0.15, 0.2) is 29.4 Å². The maximum Gasteiger partial charge on any atom is 0.184 e. The van der Waals surface area contributed by atoms with Crippen molar-refractivity contribution < 1.29 is 0 Å². The number of nitrogens with one attached hydrogen (secondary N) is 1. The summed E-state index contributed by atoms with van der Waals surface area (Å²) < 4.78 is 0. The number of hydrogen-bond donors (Lipinski definition) is 2. The predicted octanol–water partition coefficient (Wildman–Crippen LogP) is 0.606. The quantitative estimate of drug-likeness (QED) is 0.481. The summed E-state index contributed by atoms with van der Waals surface area (Å²) in [4.78, 5) is 4.71. The Morgan fingerprint density at radius 1 is 1.32 bits per heavy atom. The fourth-order valence-electron chi connectivity index (χ4n) is 2.10. The number of likely N-dealkylation sites (N-methyl/N-ethyl adjacent to an activating group) is 1. The topological polar surface area (TPSA) is 56.9 Å². The van der Waals surface area contributed by atoms with Crippen molar-refractivity contribution in [2.45, 2.75) is 0 Å². The molecule has 0 bridgehead atoms. The molecule has 1 aliphatic heterocycles. The van der Waals surface area contributed by atoms with Crippen LogP contribution < -0.4 is 16.1 Å². The molecule has 0 aromatic heterocycles. The maximum absolute atomic E-state index is 5.34. The van der Waals surface area contributed by atoms with Crippen LogP contribution in [0.4, 0.5) is 5.69 Å². The van der Waals surface area contributed by atoms with E-state index in [0.717, 1.165) is 31.7 Å². The van der Waals surface area contributed by atoms with Crippen molar-refractivity contribution in [3.63, 3.8) is 0 Å². The van der Waals surface area contributed by atoms with E-state index in [1.165, 1.54) is 5.69 Å². The summed E-state index contributed by atoms with van der Waals surface area (Å²) in [6.07, 6.45) is 1.76. The van der Waals surface area contributed by atoms with Gasteiger partial charge in [0.05, 0.1) is 6.21 Å². The van der Waals surface area contributed by atoms with Gasteiger partial charge in [0, 0.05) is 37.4 Å². The van der Waals surface area contributed by atoms with Gasteiger partial charge >= 0.3 is 0 Å². The molecule has 1 aromatic rings. The van der Waals surface area contributed by atoms with Crippen molar-refractivity contribution in [3.05, 3.63) is 29.8 Å². The van der Waals surface area contributed by atoms with E-state index in [9.17, 15) is 0 Å². The minimum atomic E-state index is 0.174. The Morgan fingerprint density at radius 3 is 2.68 bits per heavy atom. The fraction of sp³-hybridized carbons (Fsp3) is 0.385. The van der Waals surface area contributed by atoms with Crippen molar-refractivity contribution in [1.82, 2.24) is 10.3 Å². The van der Waals surface area contributed by atoms with Crippen LogP contribution >= 0.6 is 12.2 Å². The number of nitrogens with zero attached hydrogens (tertiary/aromatic N) is 3. The Morgan fingerprint density at radius 2 is 2.00 bits per heavy atom. The molecule has 0 aliphatic carbocycles. The molecule has 0 amide bonds. The third-order valence-corrected chi connectivity index (χ3v) is 3.25. The van der Waals surface area contributed by atoms with Gasteiger partial charge in [0.2, 0.25) is 0 Å². The van der Waals surface area contributed by atoms with Gasteiger partial charge in [-0.3, -0.25) is 5.43 Å². The second kappa shape index (κ2) is 6.49. The number of para-hydroxylation sites is 1. The Kier molecular flexibility index (Phi) is 4.70. The van der Waals surface area contributed by atoms with E-state index >= 15 is 0 Å². The summed E-state index contributed by atoms with van der Waals surface area (Å²) in [6, 6.07) is 8.21. The number of benzene rings is 1. The molecular weight excluding hydrogens is 258 g/mol. The van der Waals surface area contributed by atoms with Gasteiger partial charge in [0.15, 0.2) is 5.11 Å². The lowest BCUT2D eigenvalue weighted by Crippen LogP contribution is -2.44. The van der Waals surface area contributed by atoms with Crippen LogP contribution in [-0.2, 0) is 0 Å². The Hall–Kier alpha value is -1.66. The number of thiocarbonyl (C=S) groups is 1. The SMILES string of the molecule is CN1CCN(c2ccccc2/C=N\NC(N)=S)CC1. The van der Waals surface area contributed by atoms with Crippen molar-refractivity contribution in [3.8, 4) is 0 Å². The average Bonchev–Trinajstić information content (AvgIpc) is 2.40. The normalized spacial score (nSPS) is 16.8. The van der Waals surface area contributed by atoms with Crippen molar-refractivity contribution in [2.24, 2.45) is 10.8 Å². The molecule has 0 saturated carbocycles. The average molecular weight is 277 g/mol. The van der Waals surface area contributed by atoms with E-state index in [1.54, 1.807) is 6.21 Å². The van der Waals surface area contributed by atoms with Gasteiger partial charge in [-0.1, -0.05) is 18.2 Å². The van der Waals surface area contributed by atoms with Crippen molar-refractivity contribution >= 4 is 29.2 Å². The van der Waals surface area contributed by atoms with E-state index in [-0.39, 0.29) is 5.11 Å². The molecule has 1 fully saturated rings. The fourth-order valence-corrected chi connectivity index (χ4v) is 2.15. The highest BCUT2D eigenvalue weighted by molar-refractivity contribution is 7.80. The highest BCUT2D eigenvalue weighted by atomic mass is 32.1. The highest BCUT2D eigenvalue weighted by Gasteiger charge is 2.15. The Bertz CT molecular complexity index is 466. The van der Waals surface area contributed by atoms with Gasteiger partial charge in [-0.05, 0) is 25.3 Å². The van der Waals surface area contributed by atoms with E-state index < -0.39 is 0 Å². The number of hydrogen-bond acceptors (Lipinski definition) is 4. The molecule has 2 rings (SSSR count). The highest BCUT2D eigenvalue weighted by Crippen LogP contribution is 2.20. The summed E-state index contributed by atoms with van der Waals surface area (Å²) >= 11 is 4.72. The molecule has 102 valence electrons. The van der Waals surface area contributed by atoms with Gasteiger partial charge in [0.25, 0.3) is 0 Å². The first-order valence-corrected chi connectivity index (χ1v) is 6.68. The van der Waals surface area contributed by atoms with E-state index in [1.807, 2.05) is 18.2 Å². The van der Waals surface area contributed by atoms with Gasteiger partial charge in [-0.15, -0.1) is 0 Å². The molecule has 0 radical (unpaired) electrons. The summed E-state index contributed by atoms with van der Waals surface area (Å²) in [7, 11) is 2.15. The zero-order valence-corrected chi connectivity index (χ0v) is 11.9. The number of anilines is 1. The first-order valence-electron chi connectivity index (χ1n) is 6.28. The summed E-state index contributed by atoms with van der Waals surface area (Å²) in [5.74, 6) is 0. The smallest absolute Gasteiger partial charge is 0.184 e. The third kappa shape index (κ3) is 3.90. The minimum Gasteiger partial charge on any atom is -0.375 e. The van der Waals surface area contributed by atoms with Gasteiger partial charge in [0.1, 0.15) is 0 Å². The molecule has 3 N–H and O–H groups in total. The monoisotopic (exact) mass is 277 g/mol. The van der Waals surface area contributed by atoms with Crippen LogP contribution in [0.3, 0.4) is 0 Å². The molecule has 1 saturated heterocycles. The lowest BCUT2D eigenvalue weighted by molar-refractivity contribution is 0.313. The van der Waals surface area contributed by atoms with Gasteiger partial charge in [-0.25, -0.2) is 0 Å². The standard InChI is InChI=1S/C13H19N5S/c1-17-6-8-18(9-7-17)12-5-3-2-4-11(12)10-15-16-13(14)19/h2-5,10H,6-9H2,1H3,(H3,14,16,19)/b15-10-. The molecule has 1 aromatic carbocycles. The number of nitrogens with two attached hydrogens (primary N) is 1. The number of piperazine rings is 1. The molecule has 19 heavy (non-hydrogen) atoms. The first kappa shape index (κ1) is 13.8. The minimum absolute atomic E-state index is 0.174. The number of hydrazone groups is 1. The Labute approximate surface area is 119 Å². The molecule has 0 atom stereocenters. The van der Waals surface area contributed by atoms with Crippen LogP contribution in [0.2, 0.25) is 0 Å². The van der Waals surface area contributed by atoms with Crippen LogP contribution in [0.5, 0.6) is 0 Å². The van der Waals surface area contributed by atoms with Crippen LogP contribution in [0.25, 0.3) is 0 Å². The molecule has 1 heterocycles. The van der Waals surface area contributed by atoms with E-state index in [2.05, 4.69) is 33.4 Å². The third-order valence-electron chi connectivity index (χ3n) is 3.16. The zero-order valence-electron chi connectivity index (χ0n) is 11.0. The first-order chi connectivity index (χ1) is 9.16. The summed E-state index contributed by atoms with van der Waals surface area (Å²) in [6.45, 7) is 4.22. The molecule has 0 spiro atoms. The Balaban J connectivity index is 2.12. The molecule has 5 nitrogen and oxygen atoms in total. The van der Waals surface area contributed by atoms with Crippen LogP contribution in [0, 0.1) is 0 Å². The predicted molar refractivity (Wildman–Crippen MR) is 83.7 cm³/mol. The van der Waals surface area contributed by atoms with Gasteiger partial charge < -0.3 is 15.5 Å². The summed E-state index contributed by atoms with van der Waals surface area (Å²) in [5, 5.41) is 4.21. The lowest BCUT2D eigenvalue weighted by Gasteiger charge is -2.34. The van der Waals surface area contributed by atoms with Crippen molar-refractivity contribution in [2.75, 3.05) is 38.1 Å². The zero-order chi connectivity index (χ0) is 13.7. The second-order valence-corrected chi connectivity index (χ2v) is 5.02. The van der Waals surface area contributed by atoms with Gasteiger partial charge in [-0.2, -0.15) is 5.10 Å². The second-order valence-electron chi connectivity index (χ2n) is 4.58. The largest absolute Gasteiger partial charge is 0.375 e. The molecule has 1 aliphatic rings. The van der Waals surface area contributed by atoms with Crippen LogP contribution in [-0.4, -0.2) is 49.5 Å². The van der Waals surface area contributed by atoms with Crippen LogP contribution in [0.1, 0.15) is 5.56 Å². The molecular formula is C13H19N5S. The summed E-state index contributed by atoms with van der Waals surface area (Å²) in [5.41, 5.74) is 10.2. The van der Waals surface area contributed by atoms with Crippen molar-refractivity contribution in [1.29, 1.82) is 0 Å². The molecule has 6 heteroatoms. The number of rotatable bonds is 3. The maximum atomic E-state index is 5.34. The van der Waals surface area contributed by atoms with E-state index in [4.69, 9.17) is 18.0 Å².